The topological polar surface area (TPSA) is 96.8 Å². The summed E-state index contributed by atoms with van der Waals surface area (Å²) in [7, 11) is 0. The van der Waals surface area contributed by atoms with Crippen molar-refractivity contribution < 1.29 is 28.5 Å². The average molecular weight is 563 g/mol. The lowest BCUT2D eigenvalue weighted by Crippen LogP contribution is -2.16. The number of hydrogen-bond acceptors (Lipinski definition) is 8. The number of para-hydroxylation sites is 1. The van der Waals surface area contributed by atoms with Crippen molar-refractivity contribution in [3.63, 3.8) is 0 Å². The van der Waals surface area contributed by atoms with Crippen LogP contribution in [0.25, 0.3) is 11.3 Å². The predicted molar refractivity (Wildman–Crippen MR) is 158 cm³/mol. The lowest BCUT2D eigenvalue weighted by atomic mass is 10.1. The first-order chi connectivity index (χ1) is 20.0. The molecular formula is C33H42N2O6. The summed E-state index contributed by atoms with van der Waals surface area (Å²) in [4.78, 5) is 34.1. The monoisotopic (exact) mass is 562 g/mol. The predicted octanol–water partition coefficient (Wildman–Crippen LogP) is 8.44. The Morgan fingerprint density at radius 2 is 1.56 bits per heavy atom. The molecule has 2 aromatic carbocycles. The number of carbonyl (C=O) groups is 2. The van der Waals surface area contributed by atoms with Crippen molar-refractivity contribution in [2.75, 3.05) is 13.2 Å². The van der Waals surface area contributed by atoms with E-state index in [1.807, 2.05) is 24.3 Å². The highest BCUT2D eigenvalue weighted by Crippen LogP contribution is 2.30. The SMILES string of the molecule is CCCCCCCCCCOC(=O)Oc1ccccc1C(=O)Oc1nccnc1-c1cccc(OCC(C)CC)c1. The molecule has 0 saturated heterocycles. The highest BCUT2D eigenvalue weighted by Gasteiger charge is 2.21. The van der Waals surface area contributed by atoms with E-state index in [-0.39, 0.29) is 23.8 Å². The molecule has 0 aliphatic rings. The number of nitrogens with zero attached hydrogens (tertiary/aromatic N) is 2. The molecule has 1 unspecified atom stereocenters. The largest absolute Gasteiger partial charge is 0.513 e. The van der Waals surface area contributed by atoms with Crippen molar-refractivity contribution in [3.05, 3.63) is 66.5 Å². The minimum Gasteiger partial charge on any atom is -0.493 e. The van der Waals surface area contributed by atoms with E-state index in [1.165, 1.54) is 56.6 Å². The third kappa shape index (κ3) is 10.9. The molecule has 8 heteroatoms. The highest BCUT2D eigenvalue weighted by molar-refractivity contribution is 5.95. The van der Waals surface area contributed by atoms with Crippen LogP contribution in [-0.4, -0.2) is 35.3 Å². The van der Waals surface area contributed by atoms with Crippen LogP contribution in [0.5, 0.6) is 17.4 Å². The van der Waals surface area contributed by atoms with Crippen molar-refractivity contribution in [1.82, 2.24) is 9.97 Å². The van der Waals surface area contributed by atoms with Gasteiger partial charge in [0.05, 0.1) is 13.2 Å². The van der Waals surface area contributed by atoms with E-state index in [9.17, 15) is 9.59 Å². The van der Waals surface area contributed by atoms with Crippen LogP contribution in [-0.2, 0) is 4.74 Å². The molecule has 0 radical (unpaired) electrons. The summed E-state index contributed by atoms with van der Waals surface area (Å²) >= 11 is 0. The van der Waals surface area contributed by atoms with Gasteiger partial charge in [0.15, 0.2) is 0 Å². The molecule has 0 fully saturated rings. The van der Waals surface area contributed by atoms with Crippen LogP contribution in [0.4, 0.5) is 4.79 Å². The van der Waals surface area contributed by atoms with Crippen LogP contribution < -0.4 is 14.2 Å². The molecule has 0 aliphatic carbocycles. The second kappa shape index (κ2) is 17.7. The van der Waals surface area contributed by atoms with Gasteiger partial charge in [0.25, 0.3) is 0 Å². The first-order valence-electron chi connectivity index (χ1n) is 14.7. The van der Waals surface area contributed by atoms with Gasteiger partial charge in [-0.3, -0.25) is 0 Å². The molecule has 3 rings (SSSR count). The number of carbonyl (C=O) groups excluding carboxylic acids is 2. The molecule has 1 heterocycles. The fourth-order valence-corrected chi connectivity index (χ4v) is 4.07. The average Bonchev–Trinajstić information content (AvgIpc) is 2.99. The number of hydrogen-bond donors (Lipinski definition) is 0. The Morgan fingerprint density at radius 1 is 0.829 bits per heavy atom. The molecular weight excluding hydrogens is 520 g/mol. The van der Waals surface area contributed by atoms with Gasteiger partial charge in [-0.1, -0.05) is 96.4 Å². The minimum absolute atomic E-state index is 0.0312. The third-order valence-corrected chi connectivity index (χ3v) is 6.71. The summed E-state index contributed by atoms with van der Waals surface area (Å²) in [6.07, 6.45) is 12.3. The van der Waals surface area contributed by atoms with Crippen molar-refractivity contribution >= 4 is 12.1 Å². The number of rotatable bonds is 17. The molecule has 1 aromatic heterocycles. The second-order valence-electron chi connectivity index (χ2n) is 10.1. The van der Waals surface area contributed by atoms with Crippen molar-refractivity contribution in [3.8, 4) is 28.6 Å². The van der Waals surface area contributed by atoms with Gasteiger partial charge in [0.1, 0.15) is 22.8 Å². The van der Waals surface area contributed by atoms with Crippen LogP contribution in [0.3, 0.4) is 0 Å². The number of esters is 1. The smallest absolute Gasteiger partial charge is 0.493 e. The van der Waals surface area contributed by atoms with Crippen molar-refractivity contribution in [1.29, 1.82) is 0 Å². The molecule has 3 aromatic rings. The zero-order valence-corrected chi connectivity index (χ0v) is 24.5. The molecule has 8 nitrogen and oxygen atoms in total. The van der Waals surface area contributed by atoms with Gasteiger partial charge >= 0.3 is 12.1 Å². The standard InChI is InChI=1S/C33H42N2O6/c1-4-6-7-8-9-10-11-14-22-38-33(37)40-29-19-13-12-18-28(29)32(36)41-31-30(34-20-21-35-31)26-16-15-17-27(23-26)39-24-25(3)5-2/h12-13,15-21,23,25H,4-11,14,22,24H2,1-3H3. The fraction of sp³-hybridized carbons (Fsp3) is 0.455. The van der Waals surface area contributed by atoms with Crippen molar-refractivity contribution in [2.45, 2.75) is 78.6 Å². The maximum Gasteiger partial charge on any atom is 0.513 e. The van der Waals surface area contributed by atoms with Gasteiger partial charge in [-0.05, 0) is 36.6 Å². The normalized spacial score (nSPS) is 11.5. The van der Waals surface area contributed by atoms with E-state index < -0.39 is 12.1 Å². The Labute approximate surface area is 243 Å². The fourth-order valence-electron chi connectivity index (χ4n) is 4.07. The molecule has 0 amide bonds. The van der Waals surface area contributed by atoms with E-state index >= 15 is 0 Å². The zero-order valence-electron chi connectivity index (χ0n) is 24.5. The summed E-state index contributed by atoms with van der Waals surface area (Å²) in [6, 6.07) is 13.8. The molecule has 220 valence electrons. The molecule has 0 aliphatic heterocycles. The van der Waals surface area contributed by atoms with Gasteiger partial charge in [0, 0.05) is 18.0 Å². The zero-order chi connectivity index (χ0) is 29.3. The molecule has 0 spiro atoms. The van der Waals surface area contributed by atoms with E-state index in [2.05, 4.69) is 30.7 Å². The summed E-state index contributed by atoms with van der Waals surface area (Å²) in [6.45, 7) is 7.32. The number of unbranched alkanes of at least 4 members (excludes halogenated alkanes) is 7. The highest BCUT2D eigenvalue weighted by atomic mass is 16.7. The van der Waals surface area contributed by atoms with Gasteiger partial charge in [-0.2, -0.15) is 0 Å². The van der Waals surface area contributed by atoms with Crippen LogP contribution in [0.15, 0.2) is 60.9 Å². The molecule has 0 saturated carbocycles. The molecule has 1 atom stereocenters. The van der Waals surface area contributed by atoms with Gasteiger partial charge in [-0.25, -0.2) is 19.6 Å². The van der Waals surface area contributed by atoms with Gasteiger partial charge in [-0.15, -0.1) is 0 Å². The Morgan fingerprint density at radius 3 is 2.34 bits per heavy atom. The Kier molecular flexibility index (Phi) is 13.6. The van der Waals surface area contributed by atoms with E-state index in [4.69, 9.17) is 18.9 Å². The van der Waals surface area contributed by atoms with Gasteiger partial charge < -0.3 is 18.9 Å². The number of aromatic nitrogens is 2. The molecule has 41 heavy (non-hydrogen) atoms. The summed E-state index contributed by atoms with van der Waals surface area (Å²) < 4.78 is 22.1. The number of benzene rings is 2. The van der Waals surface area contributed by atoms with Crippen molar-refractivity contribution in [2.24, 2.45) is 5.92 Å². The quantitative estimate of drug-likeness (QED) is 0.0918. The van der Waals surface area contributed by atoms with E-state index in [0.29, 0.717) is 29.5 Å². The Bertz CT molecular complexity index is 1230. The molecule has 0 bridgehead atoms. The number of ether oxygens (including phenoxy) is 4. The first-order valence-corrected chi connectivity index (χ1v) is 14.7. The maximum absolute atomic E-state index is 13.2. The molecule has 0 N–H and O–H groups in total. The van der Waals surface area contributed by atoms with Crippen LogP contribution in [0, 0.1) is 5.92 Å². The maximum atomic E-state index is 13.2. The van der Waals surface area contributed by atoms with Crippen LogP contribution in [0.2, 0.25) is 0 Å². The second-order valence-corrected chi connectivity index (χ2v) is 10.1. The summed E-state index contributed by atoms with van der Waals surface area (Å²) in [5, 5.41) is 0. The van der Waals surface area contributed by atoms with E-state index in [0.717, 1.165) is 25.7 Å². The minimum atomic E-state index is -0.859. The Hall–Kier alpha value is -3.94. The summed E-state index contributed by atoms with van der Waals surface area (Å²) in [5.74, 6) is 0.460. The lowest BCUT2D eigenvalue weighted by molar-refractivity contribution is 0.0719. The Balaban J connectivity index is 1.58. The third-order valence-electron chi connectivity index (χ3n) is 6.71. The van der Waals surface area contributed by atoms with Gasteiger partial charge in [0.2, 0.25) is 5.88 Å². The van der Waals surface area contributed by atoms with E-state index in [1.54, 1.807) is 12.1 Å². The van der Waals surface area contributed by atoms with Crippen LogP contribution in [0.1, 0.15) is 88.9 Å². The lowest BCUT2D eigenvalue weighted by Gasteiger charge is -2.13. The summed E-state index contributed by atoms with van der Waals surface area (Å²) in [5.41, 5.74) is 1.15. The van der Waals surface area contributed by atoms with Crippen LogP contribution >= 0.6 is 0 Å². The first kappa shape index (κ1) is 31.6.